The maximum absolute atomic E-state index is 11.9. The van der Waals surface area contributed by atoms with Gasteiger partial charge >= 0.3 is 5.97 Å². The van der Waals surface area contributed by atoms with Crippen molar-refractivity contribution in [3.05, 3.63) is 56.8 Å². The van der Waals surface area contributed by atoms with Crippen LogP contribution in [0.4, 0.5) is 5.69 Å². The van der Waals surface area contributed by atoms with Crippen molar-refractivity contribution in [3.8, 4) is 9.88 Å². The molecule has 0 aliphatic rings. The largest absolute Gasteiger partial charge is 0.455 e. The van der Waals surface area contributed by atoms with E-state index < -0.39 is 18.5 Å². The van der Waals surface area contributed by atoms with E-state index in [9.17, 15) is 9.59 Å². The first-order chi connectivity index (χ1) is 12.5. The van der Waals surface area contributed by atoms with Gasteiger partial charge in [0.25, 0.3) is 5.91 Å². The minimum absolute atomic E-state index is 0.00199. The molecular formula is C17H12Cl2N2O3S2. The molecule has 0 saturated heterocycles. The molecule has 0 saturated carbocycles. The van der Waals surface area contributed by atoms with Crippen molar-refractivity contribution in [2.24, 2.45) is 0 Å². The third-order valence-electron chi connectivity index (χ3n) is 3.20. The van der Waals surface area contributed by atoms with Gasteiger partial charge in [-0.15, -0.1) is 22.7 Å². The van der Waals surface area contributed by atoms with Crippen molar-refractivity contribution in [2.75, 3.05) is 11.9 Å². The number of nitrogens with zero attached hydrogens (tertiary/aromatic N) is 1. The number of amides is 1. The Labute approximate surface area is 167 Å². The van der Waals surface area contributed by atoms with Gasteiger partial charge < -0.3 is 10.1 Å². The predicted molar refractivity (Wildman–Crippen MR) is 105 cm³/mol. The lowest BCUT2D eigenvalue weighted by molar-refractivity contribution is -0.146. The first-order valence-corrected chi connectivity index (χ1v) is 9.92. The van der Waals surface area contributed by atoms with Crippen molar-refractivity contribution < 1.29 is 14.3 Å². The summed E-state index contributed by atoms with van der Waals surface area (Å²) in [4.78, 5) is 29.3. The minimum atomic E-state index is -0.534. The molecule has 134 valence electrons. The molecule has 1 amide bonds. The van der Waals surface area contributed by atoms with Crippen molar-refractivity contribution in [1.82, 2.24) is 4.98 Å². The number of esters is 1. The highest BCUT2D eigenvalue weighted by atomic mass is 35.5. The Hall–Kier alpha value is -1.93. The lowest BCUT2D eigenvalue weighted by Crippen LogP contribution is -2.22. The van der Waals surface area contributed by atoms with Crippen LogP contribution in [0.25, 0.3) is 9.88 Å². The number of halogens is 2. The average Bonchev–Trinajstić information content (AvgIpc) is 3.28. The summed E-state index contributed by atoms with van der Waals surface area (Å²) in [7, 11) is 0. The van der Waals surface area contributed by atoms with Crippen LogP contribution in [0.15, 0.2) is 41.1 Å². The molecule has 2 heterocycles. The lowest BCUT2D eigenvalue weighted by Gasteiger charge is -2.09. The number of nitrogens with one attached hydrogen (secondary N) is 1. The van der Waals surface area contributed by atoms with Crippen LogP contribution in [-0.4, -0.2) is 23.5 Å². The molecule has 2 aromatic heterocycles. The summed E-state index contributed by atoms with van der Waals surface area (Å²) >= 11 is 15.0. The lowest BCUT2D eigenvalue weighted by atomic mass is 10.3. The van der Waals surface area contributed by atoms with Gasteiger partial charge in [0, 0.05) is 5.38 Å². The van der Waals surface area contributed by atoms with Crippen LogP contribution in [0.5, 0.6) is 0 Å². The quantitative estimate of drug-likeness (QED) is 0.568. The molecule has 0 aliphatic heterocycles. The number of hydrogen-bond donors (Lipinski definition) is 1. The predicted octanol–water partition coefficient (Wildman–Crippen LogP) is 4.90. The maximum Gasteiger partial charge on any atom is 0.312 e. The first kappa shape index (κ1) is 18.8. The normalized spacial score (nSPS) is 10.5. The SMILES string of the molecule is O=C(COC(=O)Cc1csc(-c2cccs2)n1)Nc1c(Cl)cccc1Cl. The van der Waals surface area contributed by atoms with Crippen LogP contribution >= 0.6 is 45.9 Å². The number of aromatic nitrogens is 1. The zero-order valence-electron chi connectivity index (χ0n) is 13.2. The number of thiophene rings is 1. The van der Waals surface area contributed by atoms with E-state index in [2.05, 4.69) is 10.3 Å². The highest BCUT2D eigenvalue weighted by Gasteiger charge is 2.14. The van der Waals surface area contributed by atoms with E-state index in [1.54, 1.807) is 34.9 Å². The number of ether oxygens (including phenoxy) is 1. The molecule has 5 nitrogen and oxygen atoms in total. The number of hydrogen-bond acceptors (Lipinski definition) is 6. The average molecular weight is 427 g/mol. The van der Waals surface area contributed by atoms with E-state index in [1.807, 2.05) is 17.5 Å². The Bertz CT molecular complexity index is 906. The molecule has 0 unspecified atom stereocenters. The molecule has 0 aliphatic carbocycles. The van der Waals surface area contributed by atoms with E-state index in [-0.39, 0.29) is 12.1 Å². The Morgan fingerprint density at radius 1 is 1.12 bits per heavy atom. The summed E-state index contributed by atoms with van der Waals surface area (Å²) < 4.78 is 4.99. The second-order valence-corrected chi connectivity index (χ2v) is 7.72. The van der Waals surface area contributed by atoms with E-state index >= 15 is 0 Å². The Morgan fingerprint density at radius 3 is 2.58 bits per heavy atom. The number of carbonyl (C=O) groups is 2. The molecule has 1 N–H and O–H groups in total. The molecule has 9 heteroatoms. The molecule has 26 heavy (non-hydrogen) atoms. The van der Waals surface area contributed by atoms with E-state index in [0.717, 1.165) is 9.88 Å². The second kappa shape index (κ2) is 8.64. The molecule has 3 aromatic rings. The summed E-state index contributed by atoms with van der Waals surface area (Å²) in [5.74, 6) is -1.06. The van der Waals surface area contributed by atoms with Crippen LogP contribution < -0.4 is 5.32 Å². The number of benzene rings is 1. The standard InChI is InChI=1S/C17H12Cl2N2O3S2/c18-11-3-1-4-12(19)16(11)21-14(22)8-24-15(23)7-10-9-26-17(20-10)13-5-2-6-25-13/h1-6,9H,7-8H2,(H,21,22). The molecule has 0 radical (unpaired) electrons. The van der Waals surface area contributed by atoms with Gasteiger partial charge in [-0.05, 0) is 23.6 Å². The van der Waals surface area contributed by atoms with Gasteiger partial charge in [-0.3, -0.25) is 9.59 Å². The molecule has 0 atom stereocenters. The molecule has 3 rings (SSSR count). The van der Waals surface area contributed by atoms with Crippen molar-refractivity contribution in [2.45, 2.75) is 6.42 Å². The summed E-state index contributed by atoms with van der Waals surface area (Å²) in [6.45, 7) is -0.428. The third kappa shape index (κ3) is 4.82. The molecular weight excluding hydrogens is 415 g/mol. The summed E-state index contributed by atoms with van der Waals surface area (Å²) in [6, 6.07) is 8.78. The van der Waals surface area contributed by atoms with Gasteiger partial charge in [0.05, 0.1) is 32.7 Å². The molecule has 0 fully saturated rings. The van der Waals surface area contributed by atoms with Gasteiger partial charge in [0.1, 0.15) is 5.01 Å². The fraction of sp³-hybridized carbons (Fsp3) is 0.118. The molecule has 0 bridgehead atoms. The zero-order chi connectivity index (χ0) is 18.5. The zero-order valence-corrected chi connectivity index (χ0v) is 16.3. The third-order valence-corrected chi connectivity index (χ3v) is 5.76. The summed E-state index contributed by atoms with van der Waals surface area (Å²) in [5.41, 5.74) is 0.898. The van der Waals surface area contributed by atoms with Crippen LogP contribution in [0.1, 0.15) is 5.69 Å². The summed E-state index contributed by atoms with van der Waals surface area (Å²) in [6.07, 6.45) is 0.00199. The van der Waals surface area contributed by atoms with Crippen LogP contribution in [0, 0.1) is 0 Å². The van der Waals surface area contributed by atoms with Gasteiger partial charge in [0.2, 0.25) is 0 Å². The first-order valence-electron chi connectivity index (χ1n) is 7.40. The number of rotatable bonds is 6. The second-order valence-electron chi connectivity index (χ2n) is 5.10. The van der Waals surface area contributed by atoms with Crippen LogP contribution in [0.2, 0.25) is 10.0 Å². The highest BCUT2D eigenvalue weighted by Crippen LogP contribution is 2.30. The number of thiazole rings is 1. The monoisotopic (exact) mass is 426 g/mol. The van der Waals surface area contributed by atoms with E-state index in [1.165, 1.54) is 11.3 Å². The van der Waals surface area contributed by atoms with Crippen molar-refractivity contribution >= 4 is 63.4 Å². The highest BCUT2D eigenvalue weighted by molar-refractivity contribution is 7.20. The number of para-hydroxylation sites is 1. The summed E-state index contributed by atoms with van der Waals surface area (Å²) in [5, 5.41) is 7.77. The van der Waals surface area contributed by atoms with Gasteiger partial charge in [-0.25, -0.2) is 4.98 Å². The fourth-order valence-electron chi connectivity index (χ4n) is 2.04. The minimum Gasteiger partial charge on any atom is -0.455 e. The van der Waals surface area contributed by atoms with Crippen molar-refractivity contribution in [3.63, 3.8) is 0 Å². The van der Waals surface area contributed by atoms with Crippen LogP contribution in [-0.2, 0) is 20.7 Å². The Balaban J connectivity index is 1.50. The molecule has 0 spiro atoms. The maximum atomic E-state index is 11.9. The number of anilines is 1. The van der Waals surface area contributed by atoms with E-state index in [4.69, 9.17) is 27.9 Å². The fourth-order valence-corrected chi connectivity index (χ4v) is 4.17. The number of carbonyl (C=O) groups excluding carboxylic acids is 2. The van der Waals surface area contributed by atoms with Crippen molar-refractivity contribution in [1.29, 1.82) is 0 Å². The van der Waals surface area contributed by atoms with Crippen LogP contribution in [0.3, 0.4) is 0 Å². The smallest absolute Gasteiger partial charge is 0.312 e. The van der Waals surface area contributed by atoms with Gasteiger partial charge in [0.15, 0.2) is 6.61 Å². The molecule has 1 aromatic carbocycles. The van der Waals surface area contributed by atoms with Gasteiger partial charge in [-0.1, -0.05) is 35.3 Å². The Kier molecular flexibility index (Phi) is 6.26. The van der Waals surface area contributed by atoms with E-state index in [0.29, 0.717) is 15.7 Å². The topological polar surface area (TPSA) is 68.3 Å². The Morgan fingerprint density at radius 2 is 1.88 bits per heavy atom. The van der Waals surface area contributed by atoms with Gasteiger partial charge in [-0.2, -0.15) is 0 Å².